The summed E-state index contributed by atoms with van der Waals surface area (Å²) in [5.41, 5.74) is 0. The lowest BCUT2D eigenvalue weighted by atomic mass is 10.0. The topological polar surface area (TPSA) is 237 Å². The van der Waals surface area contributed by atoms with E-state index in [9.17, 15) is 43.2 Å². The summed E-state index contributed by atoms with van der Waals surface area (Å²) >= 11 is 0. The number of unbranched alkanes of at least 4 members (excludes halogenated alkanes) is 39. The molecule has 86 heavy (non-hydrogen) atoms. The van der Waals surface area contributed by atoms with Gasteiger partial charge in [-0.15, -0.1) is 0 Å². The van der Waals surface area contributed by atoms with Gasteiger partial charge in [-0.25, -0.2) is 9.13 Å². The van der Waals surface area contributed by atoms with Crippen LogP contribution in [-0.4, -0.2) is 96.7 Å². The number of phosphoric acid groups is 2. The molecule has 510 valence electrons. The van der Waals surface area contributed by atoms with Gasteiger partial charge >= 0.3 is 39.5 Å². The molecule has 0 saturated carbocycles. The Bertz CT molecular complexity index is 1670. The van der Waals surface area contributed by atoms with E-state index in [2.05, 4.69) is 34.6 Å². The monoisotopic (exact) mass is 1270 g/mol. The number of carbonyl (C=O) groups is 4. The molecule has 0 radical (unpaired) electrons. The molecule has 17 nitrogen and oxygen atoms in total. The third kappa shape index (κ3) is 60.9. The first-order valence-corrected chi connectivity index (χ1v) is 38.1. The molecule has 0 aliphatic rings. The van der Waals surface area contributed by atoms with Gasteiger partial charge in [0.15, 0.2) is 12.2 Å². The Labute approximate surface area is 524 Å². The zero-order valence-corrected chi connectivity index (χ0v) is 57.2. The highest BCUT2D eigenvalue weighted by Crippen LogP contribution is 2.45. The van der Waals surface area contributed by atoms with E-state index < -0.39 is 97.5 Å². The van der Waals surface area contributed by atoms with Crippen LogP contribution >= 0.6 is 15.6 Å². The first-order valence-electron chi connectivity index (χ1n) is 35.1. The quantitative estimate of drug-likeness (QED) is 0.0222. The van der Waals surface area contributed by atoms with Crippen molar-refractivity contribution < 1.29 is 80.2 Å². The van der Waals surface area contributed by atoms with Gasteiger partial charge in [-0.1, -0.05) is 291 Å². The zero-order valence-electron chi connectivity index (χ0n) is 55.4. The standard InChI is InChI=1S/C67H130O17P2/c1-6-9-12-15-18-21-23-25-27-29-31-36-41-46-51-65(70)78-57-62(83-66(71)52-47-42-37-32-30-28-26-24-22-19-16-13-10-7-2)58-81-85(73,74)79-54-61(68)55-80-86(75,76)82-59-63(56-77-64(69)50-45-40-35-20-17-14-11-8-3)84-67(72)53-48-43-38-33-34-39-44-49-60(4)5/h60-63,68H,6-59H2,1-5H3,(H,73,74)(H,75,76)/t61-,62-,63-/m1/s1. The Kier molecular flexibility index (Phi) is 59.2. The van der Waals surface area contributed by atoms with Gasteiger partial charge in [0.05, 0.1) is 26.4 Å². The van der Waals surface area contributed by atoms with E-state index in [1.54, 1.807) is 0 Å². The summed E-state index contributed by atoms with van der Waals surface area (Å²) in [4.78, 5) is 72.3. The van der Waals surface area contributed by atoms with Crippen molar-refractivity contribution in [2.24, 2.45) is 5.92 Å². The molecule has 19 heteroatoms. The smallest absolute Gasteiger partial charge is 0.462 e. The van der Waals surface area contributed by atoms with Crippen molar-refractivity contribution in [2.45, 2.75) is 361 Å². The number of hydrogen-bond donors (Lipinski definition) is 3. The van der Waals surface area contributed by atoms with E-state index in [0.29, 0.717) is 31.6 Å². The molecule has 0 heterocycles. The Hall–Kier alpha value is -1.94. The molecule has 0 spiro atoms. The second-order valence-electron chi connectivity index (χ2n) is 24.7. The molecular formula is C67H130O17P2. The second-order valence-corrected chi connectivity index (χ2v) is 27.6. The van der Waals surface area contributed by atoms with Crippen molar-refractivity contribution in [3.05, 3.63) is 0 Å². The van der Waals surface area contributed by atoms with Gasteiger partial charge in [0.2, 0.25) is 0 Å². The van der Waals surface area contributed by atoms with Crippen LogP contribution in [0, 0.1) is 5.92 Å². The molecule has 3 N–H and O–H groups in total. The molecule has 0 aromatic carbocycles. The first kappa shape index (κ1) is 84.1. The molecule has 0 aliphatic carbocycles. The lowest BCUT2D eigenvalue weighted by molar-refractivity contribution is -0.161. The van der Waals surface area contributed by atoms with Crippen LogP contribution in [0.1, 0.15) is 343 Å². The molecular weight excluding hydrogens is 1140 g/mol. The number of aliphatic hydroxyl groups is 1. The maximum atomic E-state index is 13.0. The molecule has 0 fully saturated rings. The van der Waals surface area contributed by atoms with E-state index in [-0.39, 0.29) is 25.7 Å². The van der Waals surface area contributed by atoms with Gasteiger partial charge in [0.1, 0.15) is 19.3 Å². The van der Waals surface area contributed by atoms with E-state index in [0.717, 1.165) is 96.3 Å². The third-order valence-corrected chi connectivity index (χ3v) is 17.4. The summed E-state index contributed by atoms with van der Waals surface area (Å²) in [5.74, 6) is -1.43. The van der Waals surface area contributed by atoms with E-state index in [1.807, 2.05) is 0 Å². The van der Waals surface area contributed by atoms with Crippen LogP contribution < -0.4 is 0 Å². The number of aliphatic hydroxyl groups excluding tert-OH is 1. The largest absolute Gasteiger partial charge is 0.472 e. The average molecular weight is 1270 g/mol. The fourth-order valence-corrected chi connectivity index (χ4v) is 11.7. The Morgan fingerprint density at radius 3 is 0.791 bits per heavy atom. The SMILES string of the molecule is CCCCCCCCCCCCCCCCC(=O)OC[C@H](COP(=O)(O)OC[C@@H](O)COP(=O)(O)OC[C@@H](COC(=O)CCCCCCCCCC)OC(=O)CCCCCCCCCC(C)C)OC(=O)CCCCCCCCCCCCCCCC. The molecule has 5 atom stereocenters. The Morgan fingerprint density at radius 1 is 0.314 bits per heavy atom. The van der Waals surface area contributed by atoms with E-state index in [4.69, 9.17) is 37.0 Å². The van der Waals surface area contributed by atoms with Gasteiger partial charge in [0, 0.05) is 25.7 Å². The average Bonchev–Trinajstić information content (AvgIpc) is 3.67. The maximum absolute atomic E-state index is 13.0. The lowest BCUT2D eigenvalue weighted by Crippen LogP contribution is -2.30. The summed E-state index contributed by atoms with van der Waals surface area (Å²) in [7, 11) is -9.89. The fourth-order valence-electron chi connectivity index (χ4n) is 10.1. The summed E-state index contributed by atoms with van der Waals surface area (Å²) in [6.45, 7) is 7.14. The fraction of sp³-hybridized carbons (Fsp3) is 0.940. The second kappa shape index (κ2) is 60.6. The highest BCUT2D eigenvalue weighted by Gasteiger charge is 2.30. The Balaban J connectivity index is 5.22. The van der Waals surface area contributed by atoms with Crippen molar-refractivity contribution >= 4 is 39.5 Å². The predicted molar refractivity (Wildman–Crippen MR) is 345 cm³/mol. The maximum Gasteiger partial charge on any atom is 0.472 e. The van der Waals surface area contributed by atoms with Crippen LogP contribution in [0.5, 0.6) is 0 Å². The van der Waals surface area contributed by atoms with Crippen molar-refractivity contribution in [1.29, 1.82) is 0 Å². The number of phosphoric ester groups is 2. The minimum absolute atomic E-state index is 0.104. The highest BCUT2D eigenvalue weighted by atomic mass is 31.2. The predicted octanol–water partition coefficient (Wildman–Crippen LogP) is 19.0. The van der Waals surface area contributed by atoms with Crippen molar-refractivity contribution in [3.8, 4) is 0 Å². The summed E-state index contributed by atoms with van der Waals surface area (Å²) in [5, 5.41) is 10.6. The minimum atomic E-state index is -4.95. The van der Waals surface area contributed by atoms with Crippen molar-refractivity contribution in [3.63, 3.8) is 0 Å². The molecule has 0 aromatic heterocycles. The summed E-state index contributed by atoms with van der Waals surface area (Å²) in [6, 6.07) is 0. The third-order valence-electron chi connectivity index (χ3n) is 15.5. The molecule has 0 aliphatic heterocycles. The molecule has 0 rings (SSSR count). The molecule has 0 bridgehead atoms. The molecule has 0 saturated heterocycles. The number of esters is 4. The number of hydrogen-bond acceptors (Lipinski definition) is 15. The van der Waals surface area contributed by atoms with Crippen LogP contribution in [0.15, 0.2) is 0 Å². The number of carbonyl (C=O) groups excluding carboxylic acids is 4. The van der Waals surface area contributed by atoms with Gasteiger partial charge in [-0.3, -0.25) is 37.3 Å². The molecule has 2 unspecified atom stereocenters. The summed E-state index contributed by atoms with van der Waals surface area (Å²) < 4.78 is 68.1. The summed E-state index contributed by atoms with van der Waals surface area (Å²) in [6.07, 6.45) is 45.9. The van der Waals surface area contributed by atoms with E-state index in [1.165, 1.54) is 161 Å². The Morgan fingerprint density at radius 2 is 0.535 bits per heavy atom. The van der Waals surface area contributed by atoms with Crippen LogP contribution in [-0.2, 0) is 65.4 Å². The van der Waals surface area contributed by atoms with Crippen LogP contribution in [0.3, 0.4) is 0 Å². The van der Waals surface area contributed by atoms with Crippen molar-refractivity contribution in [1.82, 2.24) is 0 Å². The minimum Gasteiger partial charge on any atom is -0.462 e. The van der Waals surface area contributed by atoms with Gasteiger partial charge in [0.25, 0.3) is 0 Å². The van der Waals surface area contributed by atoms with Gasteiger partial charge in [-0.05, 0) is 31.6 Å². The van der Waals surface area contributed by atoms with Crippen LogP contribution in [0.4, 0.5) is 0 Å². The van der Waals surface area contributed by atoms with Gasteiger partial charge < -0.3 is 33.8 Å². The lowest BCUT2D eigenvalue weighted by Gasteiger charge is -2.21. The number of ether oxygens (including phenoxy) is 4. The zero-order chi connectivity index (χ0) is 63.5. The number of rotatable bonds is 67. The highest BCUT2D eigenvalue weighted by molar-refractivity contribution is 7.47. The van der Waals surface area contributed by atoms with Crippen LogP contribution in [0.25, 0.3) is 0 Å². The van der Waals surface area contributed by atoms with Crippen molar-refractivity contribution in [2.75, 3.05) is 39.6 Å². The molecule has 0 aromatic rings. The van der Waals surface area contributed by atoms with Gasteiger partial charge in [-0.2, -0.15) is 0 Å². The van der Waals surface area contributed by atoms with E-state index >= 15 is 0 Å². The normalized spacial score (nSPS) is 14.2. The molecule has 0 amide bonds. The first-order chi connectivity index (χ1) is 41.5. The van der Waals surface area contributed by atoms with Crippen LogP contribution in [0.2, 0.25) is 0 Å².